The maximum atomic E-state index is 12.5. The average molecular weight is 322 g/mol. The van der Waals surface area contributed by atoms with Crippen molar-refractivity contribution in [2.45, 2.75) is 45.4 Å². The van der Waals surface area contributed by atoms with E-state index in [0.717, 1.165) is 42.8 Å². The standard InChI is InChI=1S/C19H22N4O/c1-15-12-16(23-22-15)7-10-19(8-3-2-4-9-19)13-18(24)21-17-6-5-11-20-14-17/h5-6,11-12,14H,2-4,8-9,13H2,1H3,(H,21,24)(H,22,23). The monoisotopic (exact) mass is 322 g/mol. The van der Waals surface area contributed by atoms with Crippen LogP contribution in [0.25, 0.3) is 0 Å². The molecule has 1 saturated carbocycles. The molecule has 1 aliphatic carbocycles. The number of nitrogens with zero attached hydrogens (tertiary/aromatic N) is 2. The highest BCUT2D eigenvalue weighted by atomic mass is 16.1. The Balaban J connectivity index is 1.73. The van der Waals surface area contributed by atoms with E-state index in [-0.39, 0.29) is 11.3 Å². The molecule has 0 bridgehead atoms. The molecule has 5 heteroatoms. The van der Waals surface area contributed by atoms with Gasteiger partial charge in [-0.3, -0.25) is 14.9 Å². The van der Waals surface area contributed by atoms with Gasteiger partial charge < -0.3 is 5.32 Å². The largest absolute Gasteiger partial charge is 0.325 e. The van der Waals surface area contributed by atoms with Crippen LogP contribution in [0.15, 0.2) is 30.6 Å². The number of pyridine rings is 1. The molecule has 0 spiro atoms. The summed E-state index contributed by atoms with van der Waals surface area (Å²) in [6, 6.07) is 5.58. The maximum absolute atomic E-state index is 12.5. The number of aryl methyl sites for hydroxylation is 1. The fraction of sp³-hybridized carbons (Fsp3) is 0.421. The highest BCUT2D eigenvalue weighted by molar-refractivity contribution is 5.91. The van der Waals surface area contributed by atoms with Crippen LogP contribution in [0.1, 0.15) is 49.9 Å². The molecular weight excluding hydrogens is 300 g/mol. The molecule has 0 radical (unpaired) electrons. The Kier molecular flexibility index (Phi) is 4.95. The number of H-pyrrole nitrogens is 1. The zero-order chi connectivity index (χ0) is 16.8. The van der Waals surface area contributed by atoms with Crippen molar-refractivity contribution in [2.75, 3.05) is 5.32 Å². The van der Waals surface area contributed by atoms with Crippen LogP contribution in [0.2, 0.25) is 0 Å². The van der Waals surface area contributed by atoms with Crippen LogP contribution in [-0.2, 0) is 4.79 Å². The number of carbonyl (C=O) groups excluding carboxylic acids is 1. The predicted octanol–water partition coefficient (Wildman–Crippen LogP) is 3.44. The quantitative estimate of drug-likeness (QED) is 0.850. The normalized spacial score (nSPS) is 16.0. The van der Waals surface area contributed by atoms with Gasteiger partial charge in [0.25, 0.3) is 0 Å². The van der Waals surface area contributed by atoms with Crippen LogP contribution >= 0.6 is 0 Å². The topological polar surface area (TPSA) is 70.7 Å². The third-order valence-corrected chi connectivity index (χ3v) is 4.42. The van der Waals surface area contributed by atoms with Gasteiger partial charge >= 0.3 is 0 Å². The SMILES string of the molecule is Cc1cc(C#CC2(CC(=O)Nc3cccnc3)CCCCC2)n[nH]1. The van der Waals surface area contributed by atoms with Crippen molar-refractivity contribution < 1.29 is 4.79 Å². The fourth-order valence-corrected chi connectivity index (χ4v) is 3.20. The zero-order valence-corrected chi connectivity index (χ0v) is 13.9. The molecule has 2 N–H and O–H groups in total. The van der Waals surface area contributed by atoms with Crippen molar-refractivity contribution >= 4 is 11.6 Å². The Morgan fingerprint density at radius 3 is 2.88 bits per heavy atom. The zero-order valence-electron chi connectivity index (χ0n) is 13.9. The molecule has 1 amide bonds. The van der Waals surface area contributed by atoms with Crippen molar-refractivity contribution in [1.29, 1.82) is 0 Å². The second kappa shape index (κ2) is 7.31. The van der Waals surface area contributed by atoms with E-state index in [1.165, 1.54) is 6.42 Å². The van der Waals surface area contributed by atoms with Crippen LogP contribution in [0, 0.1) is 24.2 Å². The van der Waals surface area contributed by atoms with Gasteiger partial charge in [-0.05, 0) is 43.9 Å². The van der Waals surface area contributed by atoms with E-state index < -0.39 is 0 Å². The van der Waals surface area contributed by atoms with E-state index in [0.29, 0.717) is 6.42 Å². The van der Waals surface area contributed by atoms with Gasteiger partial charge in [0.2, 0.25) is 5.91 Å². The molecule has 0 atom stereocenters. The first-order valence-electron chi connectivity index (χ1n) is 8.40. The number of nitrogens with one attached hydrogen (secondary N) is 2. The van der Waals surface area contributed by atoms with Crippen molar-refractivity contribution in [3.8, 4) is 11.8 Å². The lowest BCUT2D eigenvalue weighted by Crippen LogP contribution is -2.28. The van der Waals surface area contributed by atoms with E-state index in [9.17, 15) is 4.79 Å². The van der Waals surface area contributed by atoms with E-state index >= 15 is 0 Å². The number of hydrogen-bond donors (Lipinski definition) is 2. The second-order valence-corrected chi connectivity index (χ2v) is 6.49. The van der Waals surface area contributed by atoms with Gasteiger partial charge in [0.15, 0.2) is 0 Å². The molecule has 0 aliphatic heterocycles. The minimum Gasteiger partial charge on any atom is -0.325 e. The molecule has 1 aliphatic rings. The summed E-state index contributed by atoms with van der Waals surface area (Å²) in [5, 5.41) is 10.00. The number of aromatic nitrogens is 3. The Bertz CT molecular complexity index is 748. The summed E-state index contributed by atoms with van der Waals surface area (Å²) in [5.74, 6) is 6.53. The molecule has 0 saturated heterocycles. The molecule has 24 heavy (non-hydrogen) atoms. The van der Waals surface area contributed by atoms with E-state index in [2.05, 4.69) is 32.3 Å². The number of anilines is 1. The molecule has 2 heterocycles. The highest BCUT2D eigenvalue weighted by Gasteiger charge is 2.32. The third-order valence-electron chi connectivity index (χ3n) is 4.42. The summed E-state index contributed by atoms with van der Waals surface area (Å²) in [4.78, 5) is 16.5. The van der Waals surface area contributed by atoms with E-state index in [4.69, 9.17) is 0 Å². The summed E-state index contributed by atoms with van der Waals surface area (Å²) >= 11 is 0. The number of hydrogen-bond acceptors (Lipinski definition) is 3. The minimum atomic E-state index is -0.253. The van der Waals surface area contributed by atoms with Gasteiger partial charge in [0, 0.05) is 23.7 Å². The van der Waals surface area contributed by atoms with Gasteiger partial charge in [-0.1, -0.05) is 25.2 Å². The predicted molar refractivity (Wildman–Crippen MR) is 93.2 cm³/mol. The van der Waals surface area contributed by atoms with Crippen molar-refractivity contribution in [1.82, 2.24) is 15.2 Å². The van der Waals surface area contributed by atoms with Gasteiger partial charge in [0.1, 0.15) is 5.69 Å². The molecule has 5 nitrogen and oxygen atoms in total. The molecule has 3 rings (SSSR count). The van der Waals surface area contributed by atoms with Crippen LogP contribution in [-0.4, -0.2) is 21.1 Å². The lowest BCUT2D eigenvalue weighted by Gasteiger charge is -2.31. The molecule has 0 aromatic carbocycles. The highest BCUT2D eigenvalue weighted by Crippen LogP contribution is 2.39. The Morgan fingerprint density at radius 1 is 1.38 bits per heavy atom. The van der Waals surface area contributed by atoms with Crippen LogP contribution in [0.4, 0.5) is 5.69 Å². The van der Waals surface area contributed by atoms with Crippen molar-refractivity contribution in [3.05, 3.63) is 42.0 Å². The lowest BCUT2D eigenvalue weighted by atomic mass is 9.72. The minimum absolute atomic E-state index is 0.00240. The number of carbonyl (C=O) groups is 1. The van der Waals surface area contributed by atoms with Gasteiger partial charge in [0.05, 0.1) is 11.9 Å². The second-order valence-electron chi connectivity index (χ2n) is 6.49. The lowest BCUT2D eigenvalue weighted by molar-refractivity contribution is -0.118. The Labute approximate surface area is 142 Å². The molecule has 2 aromatic heterocycles. The van der Waals surface area contributed by atoms with Crippen molar-refractivity contribution in [2.24, 2.45) is 5.41 Å². The molecular formula is C19H22N4O. The summed E-state index contributed by atoms with van der Waals surface area (Å²) in [5.41, 5.74) is 2.21. The first-order valence-corrected chi connectivity index (χ1v) is 8.40. The summed E-state index contributed by atoms with van der Waals surface area (Å²) in [6.45, 7) is 1.95. The average Bonchev–Trinajstić information content (AvgIpc) is 3.00. The molecule has 124 valence electrons. The third kappa shape index (κ3) is 4.23. The fourth-order valence-electron chi connectivity index (χ4n) is 3.20. The number of aromatic amines is 1. The summed E-state index contributed by atoms with van der Waals surface area (Å²) < 4.78 is 0. The first kappa shape index (κ1) is 16.3. The first-order chi connectivity index (χ1) is 11.7. The maximum Gasteiger partial charge on any atom is 0.225 e. The van der Waals surface area contributed by atoms with Crippen LogP contribution in [0.3, 0.4) is 0 Å². The van der Waals surface area contributed by atoms with Gasteiger partial charge in [-0.2, -0.15) is 5.10 Å². The number of rotatable bonds is 3. The smallest absolute Gasteiger partial charge is 0.225 e. The van der Waals surface area contributed by atoms with Gasteiger partial charge in [-0.25, -0.2) is 0 Å². The Morgan fingerprint density at radius 2 is 2.21 bits per heavy atom. The molecule has 2 aromatic rings. The van der Waals surface area contributed by atoms with Crippen LogP contribution < -0.4 is 5.32 Å². The molecule has 0 unspecified atom stereocenters. The molecule has 1 fully saturated rings. The Hall–Kier alpha value is -2.61. The van der Waals surface area contributed by atoms with E-state index in [1.807, 2.05) is 25.1 Å². The van der Waals surface area contributed by atoms with Gasteiger partial charge in [-0.15, -0.1) is 0 Å². The van der Waals surface area contributed by atoms with Crippen molar-refractivity contribution in [3.63, 3.8) is 0 Å². The van der Waals surface area contributed by atoms with Crippen LogP contribution in [0.5, 0.6) is 0 Å². The van der Waals surface area contributed by atoms with E-state index in [1.54, 1.807) is 12.4 Å². The summed E-state index contributed by atoms with van der Waals surface area (Å²) in [7, 11) is 0. The number of amides is 1. The summed E-state index contributed by atoms with van der Waals surface area (Å²) in [6.07, 6.45) is 9.14.